The molecular formula is C21H22N4O3. The van der Waals surface area contributed by atoms with Gasteiger partial charge in [0.05, 0.1) is 30.3 Å². The first-order chi connectivity index (χ1) is 13.7. The van der Waals surface area contributed by atoms with Crippen LogP contribution in [-0.2, 0) is 11.2 Å². The number of carbonyl (C=O) groups excluding carboxylic acids is 1. The zero-order valence-corrected chi connectivity index (χ0v) is 15.6. The third-order valence-corrected chi connectivity index (χ3v) is 4.15. The van der Waals surface area contributed by atoms with Gasteiger partial charge in [0, 0.05) is 5.39 Å². The molecule has 144 valence electrons. The minimum atomic E-state index is -0.319. The van der Waals surface area contributed by atoms with Gasteiger partial charge < -0.3 is 4.74 Å². The summed E-state index contributed by atoms with van der Waals surface area (Å²) in [6.07, 6.45) is 3.69. The van der Waals surface area contributed by atoms with Gasteiger partial charge in [0.15, 0.2) is 0 Å². The van der Waals surface area contributed by atoms with Crippen LogP contribution in [0.5, 0.6) is 5.75 Å². The van der Waals surface area contributed by atoms with Crippen LogP contribution in [-0.4, -0.2) is 28.9 Å². The van der Waals surface area contributed by atoms with Crippen molar-refractivity contribution in [3.8, 4) is 5.75 Å². The van der Waals surface area contributed by atoms with Crippen LogP contribution >= 0.6 is 0 Å². The number of nitrogens with one attached hydrogen (secondary N) is 2. The van der Waals surface area contributed by atoms with Crippen molar-refractivity contribution in [3.05, 3.63) is 70.1 Å². The molecule has 0 fully saturated rings. The Bertz CT molecular complexity index is 1030. The second kappa shape index (κ2) is 9.45. The summed E-state index contributed by atoms with van der Waals surface area (Å²) in [6.45, 7) is 2.82. The molecule has 0 aliphatic rings. The Kier molecular flexibility index (Phi) is 6.51. The van der Waals surface area contributed by atoms with Gasteiger partial charge in [-0.25, -0.2) is 10.5 Å². The zero-order chi connectivity index (χ0) is 19.8. The average Bonchev–Trinajstić information content (AvgIpc) is 2.72. The van der Waals surface area contributed by atoms with Gasteiger partial charge in [-0.15, -0.1) is 0 Å². The molecule has 1 amide bonds. The summed E-state index contributed by atoms with van der Waals surface area (Å²) in [5.41, 5.74) is 3.54. The van der Waals surface area contributed by atoms with E-state index in [1.807, 2.05) is 24.3 Å². The number of hydrogen-bond acceptors (Lipinski definition) is 5. The quantitative estimate of drug-likeness (QED) is 0.358. The fourth-order valence-corrected chi connectivity index (χ4v) is 2.66. The van der Waals surface area contributed by atoms with Gasteiger partial charge in [-0.1, -0.05) is 31.5 Å². The first-order valence-corrected chi connectivity index (χ1v) is 9.18. The molecule has 7 heteroatoms. The number of aromatic nitrogens is 2. The summed E-state index contributed by atoms with van der Waals surface area (Å²) in [5, 5.41) is 11.5. The van der Waals surface area contributed by atoms with E-state index in [1.54, 1.807) is 30.5 Å². The Morgan fingerprint density at radius 2 is 1.93 bits per heavy atom. The van der Waals surface area contributed by atoms with E-state index in [0.717, 1.165) is 24.2 Å². The molecule has 1 aromatic heterocycles. The van der Waals surface area contributed by atoms with Gasteiger partial charge in [0.2, 0.25) is 5.91 Å². The van der Waals surface area contributed by atoms with Crippen molar-refractivity contribution in [2.75, 3.05) is 6.61 Å². The molecule has 0 saturated carbocycles. The highest BCUT2D eigenvalue weighted by molar-refractivity contribution is 5.89. The minimum Gasteiger partial charge on any atom is -0.494 e. The van der Waals surface area contributed by atoms with Crippen LogP contribution in [0.25, 0.3) is 10.8 Å². The van der Waals surface area contributed by atoms with Crippen molar-refractivity contribution in [2.24, 2.45) is 5.10 Å². The molecular weight excluding hydrogens is 356 g/mol. The number of H-pyrrole nitrogens is 1. The maximum atomic E-state index is 12.2. The van der Waals surface area contributed by atoms with E-state index >= 15 is 0 Å². The van der Waals surface area contributed by atoms with Crippen molar-refractivity contribution < 1.29 is 9.53 Å². The number of amides is 1. The van der Waals surface area contributed by atoms with Crippen LogP contribution in [0.4, 0.5) is 0 Å². The Hall–Kier alpha value is -3.48. The van der Waals surface area contributed by atoms with Crippen molar-refractivity contribution in [1.29, 1.82) is 0 Å². The Balaban J connectivity index is 1.57. The molecule has 0 aliphatic carbocycles. The van der Waals surface area contributed by atoms with Crippen molar-refractivity contribution in [2.45, 2.75) is 26.2 Å². The fraction of sp³-hybridized carbons (Fsp3) is 0.238. The van der Waals surface area contributed by atoms with Crippen LogP contribution in [0.2, 0.25) is 0 Å². The summed E-state index contributed by atoms with van der Waals surface area (Å²) in [5.74, 6) is 0.492. The molecule has 0 unspecified atom stereocenters. The largest absolute Gasteiger partial charge is 0.494 e. The molecule has 2 N–H and O–H groups in total. The van der Waals surface area contributed by atoms with Gasteiger partial charge in [-0.05, 0) is 42.3 Å². The van der Waals surface area contributed by atoms with Gasteiger partial charge in [0.25, 0.3) is 5.56 Å². The van der Waals surface area contributed by atoms with Gasteiger partial charge in [-0.3, -0.25) is 9.59 Å². The molecule has 3 rings (SSSR count). The maximum Gasteiger partial charge on any atom is 0.272 e. The van der Waals surface area contributed by atoms with Crippen LogP contribution in [0.1, 0.15) is 31.0 Å². The molecule has 0 saturated heterocycles. The van der Waals surface area contributed by atoms with Crippen molar-refractivity contribution >= 4 is 22.9 Å². The number of carbonyl (C=O) groups is 1. The van der Waals surface area contributed by atoms with Gasteiger partial charge in [0.1, 0.15) is 5.75 Å². The molecule has 0 spiro atoms. The smallest absolute Gasteiger partial charge is 0.272 e. The molecule has 0 bridgehead atoms. The van der Waals surface area contributed by atoms with Gasteiger partial charge >= 0.3 is 0 Å². The van der Waals surface area contributed by atoms with Crippen LogP contribution < -0.4 is 15.7 Å². The highest BCUT2D eigenvalue weighted by atomic mass is 16.5. The second-order valence-corrected chi connectivity index (χ2v) is 6.29. The predicted molar refractivity (Wildman–Crippen MR) is 109 cm³/mol. The normalized spacial score (nSPS) is 11.0. The lowest BCUT2D eigenvalue weighted by Gasteiger charge is -2.05. The standard InChI is InChI=1S/C21H22N4O3/c1-2-3-12-28-16-10-8-15(9-11-16)14-22-24-20(26)13-19-17-6-4-5-7-18(17)21(27)25-23-19/h4-11,14H,2-3,12-13H2,1H3,(H,24,26)(H,25,27)/b22-14+. The molecule has 0 aliphatic heterocycles. The summed E-state index contributed by atoms with van der Waals surface area (Å²) in [6, 6.07) is 14.5. The van der Waals surface area contributed by atoms with E-state index in [0.29, 0.717) is 23.1 Å². The summed E-state index contributed by atoms with van der Waals surface area (Å²) < 4.78 is 5.61. The zero-order valence-electron chi connectivity index (χ0n) is 15.6. The molecule has 1 heterocycles. The van der Waals surface area contributed by atoms with Gasteiger partial charge in [-0.2, -0.15) is 10.2 Å². The predicted octanol–water partition coefficient (Wildman–Crippen LogP) is 2.79. The Morgan fingerprint density at radius 3 is 2.68 bits per heavy atom. The lowest BCUT2D eigenvalue weighted by molar-refractivity contribution is -0.120. The Labute approximate surface area is 162 Å². The molecule has 7 nitrogen and oxygen atoms in total. The number of hydrogen-bond donors (Lipinski definition) is 2. The number of fused-ring (bicyclic) bond motifs is 1. The molecule has 28 heavy (non-hydrogen) atoms. The van der Waals surface area contributed by atoms with E-state index in [-0.39, 0.29) is 17.9 Å². The van der Waals surface area contributed by atoms with E-state index < -0.39 is 0 Å². The highest BCUT2D eigenvalue weighted by Gasteiger charge is 2.10. The molecule has 0 atom stereocenters. The lowest BCUT2D eigenvalue weighted by Crippen LogP contribution is -2.22. The number of aromatic amines is 1. The number of unbranched alkanes of at least 4 members (excludes halogenated alkanes) is 1. The van der Waals surface area contributed by atoms with E-state index in [2.05, 4.69) is 27.6 Å². The van der Waals surface area contributed by atoms with Crippen LogP contribution in [0, 0.1) is 0 Å². The van der Waals surface area contributed by atoms with E-state index in [9.17, 15) is 9.59 Å². The fourth-order valence-electron chi connectivity index (χ4n) is 2.66. The summed E-state index contributed by atoms with van der Waals surface area (Å²) in [4.78, 5) is 23.9. The Morgan fingerprint density at radius 1 is 1.18 bits per heavy atom. The number of nitrogens with zero attached hydrogens (tertiary/aromatic N) is 2. The monoisotopic (exact) mass is 378 g/mol. The highest BCUT2D eigenvalue weighted by Crippen LogP contribution is 2.13. The molecule has 0 radical (unpaired) electrons. The third-order valence-electron chi connectivity index (χ3n) is 4.15. The van der Waals surface area contributed by atoms with Crippen LogP contribution in [0.15, 0.2) is 58.4 Å². The average molecular weight is 378 g/mol. The topological polar surface area (TPSA) is 96.4 Å². The maximum absolute atomic E-state index is 12.2. The van der Waals surface area contributed by atoms with Crippen molar-refractivity contribution in [1.82, 2.24) is 15.6 Å². The summed E-state index contributed by atoms with van der Waals surface area (Å²) in [7, 11) is 0. The minimum absolute atomic E-state index is 0.0127. The molecule has 3 aromatic rings. The van der Waals surface area contributed by atoms with Crippen molar-refractivity contribution in [3.63, 3.8) is 0 Å². The van der Waals surface area contributed by atoms with E-state index in [4.69, 9.17) is 4.74 Å². The summed E-state index contributed by atoms with van der Waals surface area (Å²) >= 11 is 0. The lowest BCUT2D eigenvalue weighted by atomic mass is 10.1. The third kappa shape index (κ3) is 5.03. The SMILES string of the molecule is CCCCOc1ccc(/C=N/NC(=O)Cc2n[nH]c(=O)c3ccccc23)cc1. The first kappa shape index (κ1) is 19.3. The van der Waals surface area contributed by atoms with Crippen LogP contribution in [0.3, 0.4) is 0 Å². The second-order valence-electron chi connectivity index (χ2n) is 6.29. The number of hydrazone groups is 1. The number of ether oxygens (including phenoxy) is 1. The molecule has 2 aromatic carbocycles. The van der Waals surface area contributed by atoms with E-state index in [1.165, 1.54) is 0 Å². The number of rotatable bonds is 8. The first-order valence-electron chi connectivity index (χ1n) is 9.18. The number of benzene rings is 2.